The van der Waals surface area contributed by atoms with E-state index in [0.717, 1.165) is 11.1 Å². The molecule has 2 amide bonds. The first-order valence-corrected chi connectivity index (χ1v) is 8.50. The SMILES string of the molecule is CONc1cnc(NC(=O)NCc2ccc(-c3ccccc3)cc2)s1. The number of anilines is 2. The van der Waals surface area contributed by atoms with Crippen molar-refractivity contribution in [2.75, 3.05) is 17.9 Å². The van der Waals surface area contributed by atoms with E-state index in [4.69, 9.17) is 4.84 Å². The maximum absolute atomic E-state index is 11.9. The van der Waals surface area contributed by atoms with Crippen molar-refractivity contribution in [1.82, 2.24) is 10.3 Å². The van der Waals surface area contributed by atoms with Crippen LogP contribution in [0.25, 0.3) is 11.1 Å². The Bertz CT molecular complexity index is 819. The minimum Gasteiger partial charge on any atom is -0.334 e. The number of amides is 2. The first-order valence-electron chi connectivity index (χ1n) is 7.68. The Kier molecular flexibility index (Phi) is 5.61. The second-order valence-corrected chi connectivity index (χ2v) is 6.24. The highest BCUT2D eigenvalue weighted by Crippen LogP contribution is 2.23. The molecule has 7 heteroatoms. The number of nitrogens with one attached hydrogen (secondary N) is 3. The molecule has 3 aromatic rings. The maximum atomic E-state index is 11.9. The topological polar surface area (TPSA) is 75.3 Å². The standard InChI is InChI=1S/C18H18N4O2S/c1-24-22-16-12-20-18(25-16)21-17(23)19-11-13-7-9-15(10-8-13)14-5-3-2-4-6-14/h2-10,12,22H,11H2,1H3,(H2,19,20,21,23). The van der Waals surface area contributed by atoms with Crippen LogP contribution in [0.15, 0.2) is 60.8 Å². The predicted octanol–water partition coefficient (Wildman–Crippen LogP) is 4.11. The minimum atomic E-state index is -0.301. The van der Waals surface area contributed by atoms with Crippen molar-refractivity contribution < 1.29 is 9.63 Å². The number of carbonyl (C=O) groups excluding carboxylic acids is 1. The molecule has 0 fully saturated rings. The van der Waals surface area contributed by atoms with E-state index in [1.807, 2.05) is 42.5 Å². The minimum absolute atomic E-state index is 0.301. The Morgan fingerprint density at radius 3 is 2.52 bits per heavy atom. The fourth-order valence-electron chi connectivity index (χ4n) is 2.25. The molecule has 25 heavy (non-hydrogen) atoms. The van der Waals surface area contributed by atoms with Gasteiger partial charge in [0.1, 0.15) is 5.00 Å². The molecule has 0 atom stereocenters. The van der Waals surface area contributed by atoms with Crippen LogP contribution in [0.3, 0.4) is 0 Å². The lowest BCUT2D eigenvalue weighted by Gasteiger charge is -2.07. The Morgan fingerprint density at radius 1 is 1.08 bits per heavy atom. The van der Waals surface area contributed by atoms with Crippen LogP contribution in [0, 0.1) is 0 Å². The highest BCUT2D eigenvalue weighted by atomic mass is 32.1. The average molecular weight is 354 g/mol. The summed E-state index contributed by atoms with van der Waals surface area (Å²) in [5.74, 6) is 0. The first-order chi connectivity index (χ1) is 12.2. The molecule has 3 rings (SSSR count). The summed E-state index contributed by atoms with van der Waals surface area (Å²) in [5.41, 5.74) is 6.00. The third kappa shape index (κ3) is 4.79. The van der Waals surface area contributed by atoms with E-state index in [1.165, 1.54) is 24.0 Å². The van der Waals surface area contributed by atoms with Gasteiger partial charge in [0, 0.05) is 6.54 Å². The molecule has 6 nitrogen and oxygen atoms in total. The second-order valence-electron chi connectivity index (χ2n) is 5.21. The van der Waals surface area contributed by atoms with Gasteiger partial charge >= 0.3 is 6.03 Å². The molecule has 0 aliphatic carbocycles. The van der Waals surface area contributed by atoms with Crippen molar-refractivity contribution >= 4 is 27.5 Å². The molecule has 1 heterocycles. The van der Waals surface area contributed by atoms with Gasteiger partial charge in [-0.2, -0.15) is 0 Å². The number of thiazole rings is 1. The molecule has 3 N–H and O–H groups in total. The highest BCUT2D eigenvalue weighted by Gasteiger charge is 2.06. The summed E-state index contributed by atoms with van der Waals surface area (Å²) >= 11 is 1.29. The average Bonchev–Trinajstić information content (AvgIpc) is 3.08. The molecule has 0 radical (unpaired) electrons. The molecule has 2 aromatic carbocycles. The van der Waals surface area contributed by atoms with Crippen LogP contribution in [0.1, 0.15) is 5.56 Å². The number of aromatic nitrogens is 1. The van der Waals surface area contributed by atoms with Gasteiger partial charge in [0.2, 0.25) is 0 Å². The maximum Gasteiger partial charge on any atom is 0.321 e. The molecule has 0 aliphatic rings. The summed E-state index contributed by atoms with van der Waals surface area (Å²) in [7, 11) is 1.52. The number of carbonyl (C=O) groups is 1. The summed E-state index contributed by atoms with van der Waals surface area (Å²) in [5, 5.41) is 6.72. The van der Waals surface area contributed by atoms with Gasteiger partial charge in [-0.05, 0) is 16.7 Å². The first kappa shape index (κ1) is 16.9. The Labute approximate surface area is 149 Å². The third-order valence-electron chi connectivity index (χ3n) is 3.44. The lowest BCUT2D eigenvalue weighted by Crippen LogP contribution is -2.28. The molecule has 0 bridgehead atoms. The van der Waals surface area contributed by atoms with Crippen molar-refractivity contribution in [3.63, 3.8) is 0 Å². The molecule has 0 unspecified atom stereocenters. The highest BCUT2D eigenvalue weighted by molar-refractivity contribution is 7.19. The van der Waals surface area contributed by atoms with Crippen LogP contribution in [0.2, 0.25) is 0 Å². The Hall–Kier alpha value is -2.90. The monoisotopic (exact) mass is 354 g/mol. The van der Waals surface area contributed by atoms with Crippen molar-refractivity contribution in [3.05, 3.63) is 66.4 Å². The Balaban J connectivity index is 1.51. The van der Waals surface area contributed by atoms with Crippen molar-refractivity contribution in [2.45, 2.75) is 6.54 Å². The van der Waals surface area contributed by atoms with Gasteiger partial charge in [-0.15, -0.1) is 0 Å². The van der Waals surface area contributed by atoms with E-state index in [2.05, 4.69) is 33.2 Å². The Morgan fingerprint density at radius 2 is 1.80 bits per heavy atom. The van der Waals surface area contributed by atoms with Crippen molar-refractivity contribution in [1.29, 1.82) is 0 Å². The van der Waals surface area contributed by atoms with Crippen LogP contribution in [-0.2, 0) is 11.4 Å². The van der Waals surface area contributed by atoms with E-state index in [-0.39, 0.29) is 6.03 Å². The van der Waals surface area contributed by atoms with Crippen LogP contribution >= 0.6 is 11.3 Å². The van der Waals surface area contributed by atoms with E-state index in [1.54, 1.807) is 6.20 Å². The smallest absolute Gasteiger partial charge is 0.321 e. The van der Waals surface area contributed by atoms with Crippen molar-refractivity contribution in [2.24, 2.45) is 0 Å². The summed E-state index contributed by atoms with van der Waals surface area (Å²) < 4.78 is 0. The lowest BCUT2D eigenvalue weighted by atomic mass is 10.0. The molecule has 0 aliphatic heterocycles. The van der Waals surface area contributed by atoms with Crippen LogP contribution in [-0.4, -0.2) is 18.1 Å². The fourth-order valence-corrected chi connectivity index (χ4v) is 2.94. The molecule has 0 saturated carbocycles. The zero-order valence-corrected chi connectivity index (χ0v) is 14.5. The lowest BCUT2D eigenvalue weighted by molar-refractivity contribution is 0.251. The van der Waals surface area contributed by atoms with E-state index >= 15 is 0 Å². The van der Waals surface area contributed by atoms with Gasteiger partial charge in [0.15, 0.2) is 5.13 Å². The van der Waals surface area contributed by atoms with Crippen LogP contribution in [0.5, 0.6) is 0 Å². The zero-order valence-electron chi connectivity index (χ0n) is 13.7. The largest absolute Gasteiger partial charge is 0.334 e. The molecular weight excluding hydrogens is 336 g/mol. The summed E-state index contributed by atoms with van der Waals surface area (Å²) in [6.45, 7) is 0.440. The van der Waals surface area contributed by atoms with E-state index in [0.29, 0.717) is 16.7 Å². The number of hydrogen-bond donors (Lipinski definition) is 3. The molecule has 0 spiro atoms. The molecule has 0 saturated heterocycles. The van der Waals surface area contributed by atoms with E-state index in [9.17, 15) is 4.79 Å². The van der Waals surface area contributed by atoms with E-state index < -0.39 is 0 Å². The molecule has 128 valence electrons. The quantitative estimate of drug-likeness (QED) is 0.583. The van der Waals surface area contributed by atoms with Gasteiger partial charge in [-0.1, -0.05) is 65.9 Å². The van der Waals surface area contributed by atoms with Gasteiger partial charge in [-0.25, -0.2) is 9.78 Å². The zero-order chi connectivity index (χ0) is 17.5. The van der Waals surface area contributed by atoms with Crippen LogP contribution < -0.4 is 16.1 Å². The number of urea groups is 1. The van der Waals surface area contributed by atoms with Crippen LogP contribution in [0.4, 0.5) is 14.9 Å². The summed E-state index contributed by atoms with van der Waals surface area (Å²) in [6, 6.07) is 18.0. The number of rotatable bonds is 6. The summed E-state index contributed by atoms with van der Waals surface area (Å²) in [6.07, 6.45) is 1.59. The summed E-state index contributed by atoms with van der Waals surface area (Å²) in [4.78, 5) is 20.8. The van der Waals surface area contributed by atoms with Crippen molar-refractivity contribution in [3.8, 4) is 11.1 Å². The third-order valence-corrected chi connectivity index (χ3v) is 4.25. The van der Waals surface area contributed by atoms with Gasteiger partial charge in [-0.3, -0.25) is 15.6 Å². The van der Waals surface area contributed by atoms with Gasteiger partial charge in [0.25, 0.3) is 0 Å². The number of benzene rings is 2. The normalized spacial score (nSPS) is 10.3. The number of hydrogen-bond acceptors (Lipinski definition) is 5. The second kappa shape index (κ2) is 8.27. The van der Waals surface area contributed by atoms with Gasteiger partial charge < -0.3 is 5.32 Å². The fraction of sp³-hybridized carbons (Fsp3) is 0.111. The molecular formula is C18H18N4O2S. The predicted molar refractivity (Wildman–Crippen MR) is 100 cm³/mol. The number of nitrogens with zero attached hydrogens (tertiary/aromatic N) is 1. The van der Waals surface area contributed by atoms with Gasteiger partial charge in [0.05, 0.1) is 13.3 Å². The molecule has 1 aromatic heterocycles.